The third kappa shape index (κ3) is 3.91. The van der Waals surface area contributed by atoms with E-state index in [1.807, 2.05) is 38.4 Å². The molecule has 2 aliphatic rings. The topological polar surface area (TPSA) is 96.1 Å². The molecule has 0 saturated carbocycles. The van der Waals surface area contributed by atoms with Gasteiger partial charge in [-0.2, -0.15) is 10.4 Å². The number of ether oxygens (including phenoxy) is 1. The van der Waals surface area contributed by atoms with E-state index in [1.165, 1.54) is 0 Å². The Kier molecular flexibility index (Phi) is 5.54. The van der Waals surface area contributed by atoms with E-state index in [-0.39, 0.29) is 6.04 Å². The van der Waals surface area contributed by atoms with Crippen molar-refractivity contribution in [1.29, 1.82) is 5.26 Å². The summed E-state index contributed by atoms with van der Waals surface area (Å²) in [6.45, 7) is 7.03. The number of aryl methyl sites for hydroxylation is 1. The molecule has 0 bridgehead atoms. The van der Waals surface area contributed by atoms with E-state index >= 15 is 0 Å². The van der Waals surface area contributed by atoms with Gasteiger partial charge in [0.05, 0.1) is 22.7 Å². The van der Waals surface area contributed by atoms with Crippen LogP contribution in [0.1, 0.15) is 49.8 Å². The van der Waals surface area contributed by atoms with Gasteiger partial charge in [0.15, 0.2) is 5.82 Å². The van der Waals surface area contributed by atoms with Crippen molar-refractivity contribution in [3.8, 4) is 11.9 Å². The van der Waals surface area contributed by atoms with Crippen molar-refractivity contribution in [3.05, 3.63) is 75.7 Å². The summed E-state index contributed by atoms with van der Waals surface area (Å²) in [4.78, 5) is 18.8. The number of nitriles is 1. The number of cyclic esters (lactones) is 1. The Balaban J connectivity index is 1.33. The maximum Gasteiger partial charge on any atom is 0.337 e. The Morgan fingerprint density at radius 3 is 2.91 bits per heavy atom. The lowest BCUT2D eigenvalue weighted by molar-refractivity contribution is 0.0444. The quantitative estimate of drug-likeness (QED) is 0.478. The lowest BCUT2D eigenvalue weighted by atomic mass is 9.60. The Morgan fingerprint density at radius 2 is 2.15 bits per heavy atom. The highest BCUT2D eigenvalue weighted by Crippen LogP contribution is 2.37. The first-order valence-corrected chi connectivity index (χ1v) is 11.1. The lowest BCUT2D eigenvalue weighted by Gasteiger charge is -2.35. The predicted octanol–water partition coefficient (Wildman–Crippen LogP) is 1.52. The van der Waals surface area contributed by atoms with Gasteiger partial charge in [0.1, 0.15) is 21.8 Å². The lowest BCUT2D eigenvalue weighted by Crippen LogP contribution is -2.45. The number of carbonyl (C=O) groups is 1. The smallest absolute Gasteiger partial charge is 0.337 e. The van der Waals surface area contributed by atoms with Gasteiger partial charge in [-0.15, -0.1) is 0 Å². The maximum atomic E-state index is 12.1. The number of hydrogen-bond donors (Lipinski definition) is 1. The van der Waals surface area contributed by atoms with Crippen LogP contribution in [0.5, 0.6) is 0 Å². The Morgan fingerprint density at radius 1 is 1.32 bits per heavy atom. The number of piperazine rings is 1. The second-order valence-electron chi connectivity index (χ2n) is 8.89. The number of nitrogens with one attached hydrogen (secondary N) is 1. The van der Waals surface area contributed by atoms with Gasteiger partial charge in [0.25, 0.3) is 0 Å². The zero-order valence-electron chi connectivity index (χ0n) is 19.1. The van der Waals surface area contributed by atoms with Gasteiger partial charge in [-0.1, -0.05) is 6.07 Å². The highest BCUT2D eigenvalue weighted by atomic mass is 16.6. The first-order valence-electron chi connectivity index (χ1n) is 11.1. The first-order chi connectivity index (χ1) is 16.3. The number of benzene rings is 1. The van der Waals surface area contributed by atoms with Gasteiger partial charge < -0.3 is 10.1 Å². The van der Waals surface area contributed by atoms with E-state index in [1.54, 1.807) is 16.9 Å². The van der Waals surface area contributed by atoms with E-state index in [9.17, 15) is 4.79 Å². The normalized spacial score (nSPS) is 19.4. The van der Waals surface area contributed by atoms with Crippen LogP contribution in [0.2, 0.25) is 0 Å². The van der Waals surface area contributed by atoms with Gasteiger partial charge >= 0.3 is 5.97 Å². The molecule has 3 aromatic rings. The van der Waals surface area contributed by atoms with Crippen LogP contribution in [0, 0.1) is 25.2 Å². The molecule has 1 fully saturated rings. The third-order valence-electron chi connectivity index (χ3n) is 6.51. The average Bonchev–Trinajstić information content (AvgIpc) is 3.35. The average molecular weight is 448 g/mol. The van der Waals surface area contributed by atoms with Crippen LogP contribution in [-0.4, -0.2) is 61.0 Å². The molecule has 166 valence electrons. The van der Waals surface area contributed by atoms with Crippen LogP contribution >= 0.6 is 0 Å². The van der Waals surface area contributed by atoms with Gasteiger partial charge in [-0.25, -0.2) is 14.5 Å². The standard InChI is InChI=1S/C24H22B2N6O2/c1-14-7-21(29-10-17(14)8-27)32-12-16(9-30-32)11-31-6-5-28-20(13-31)18-3-4-19-22(15(18)2)24(25,26)34-23(19)33/h3-4,7,9-10,12,20,28H,5-6,11,13H2,1-2H3/t20-/m0/s1. The molecule has 0 amide bonds. The summed E-state index contributed by atoms with van der Waals surface area (Å²) < 4.78 is 6.89. The SMILES string of the molecule is [B]C1([B])OC(=O)c2ccc([C@@H]3CN(Cc4cnn(-c5cc(C)c(C#N)cn5)c4)CCN3)c(C)c21. The molecule has 0 unspecified atom stereocenters. The number of esters is 1. The van der Waals surface area contributed by atoms with Crippen molar-refractivity contribution in [2.45, 2.75) is 31.8 Å². The largest absolute Gasteiger partial charge is 0.471 e. The molecule has 1 atom stereocenters. The van der Waals surface area contributed by atoms with Gasteiger partial charge in [-0.3, -0.25) is 4.90 Å². The molecule has 10 heteroatoms. The second-order valence-corrected chi connectivity index (χ2v) is 8.89. The minimum absolute atomic E-state index is 0.0587. The number of aromatic nitrogens is 3. The van der Waals surface area contributed by atoms with Crippen LogP contribution in [-0.2, 0) is 16.7 Å². The monoisotopic (exact) mass is 448 g/mol. The van der Waals surface area contributed by atoms with Crippen molar-refractivity contribution in [1.82, 2.24) is 25.0 Å². The van der Waals surface area contributed by atoms with Crippen LogP contribution in [0.4, 0.5) is 0 Å². The van der Waals surface area contributed by atoms with Crippen LogP contribution in [0.15, 0.2) is 36.8 Å². The van der Waals surface area contributed by atoms with Gasteiger partial charge in [0, 0.05) is 50.2 Å². The fourth-order valence-corrected chi connectivity index (χ4v) is 4.81. The summed E-state index contributed by atoms with van der Waals surface area (Å²) in [6, 6.07) is 7.75. The molecule has 2 aliphatic heterocycles. The molecule has 1 saturated heterocycles. The van der Waals surface area contributed by atoms with Crippen LogP contribution in [0.25, 0.3) is 5.82 Å². The predicted molar refractivity (Wildman–Crippen MR) is 127 cm³/mol. The Labute approximate surface area is 200 Å². The van der Waals surface area contributed by atoms with E-state index in [2.05, 4.69) is 26.4 Å². The number of hydrogen-bond acceptors (Lipinski definition) is 7. The summed E-state index contributed by atoms with van der Waals surface area (Å²) >= 11 is 0. The molecule has 0 aliphatic carbocycles. The summed E-state index contributed by atoms with van der Waals surface area (Å²) in [5, 5.41) is 15.5. The summed E-state index contributed by atoms with van der Waals surface area (Å²) in [5.41, 5.74) is 5.40. The van der Waals surface area contributed by atoms with Crippen molar-refractivity contribution in [2.75, 3.05) is 19.6 Å². The molecule has 8 nitrogen and oxygen atoms in total. The van der Waals surface area contributed by atoms with E-state index in [0.29, 0.717) is 22.5 Å². The minimum Gasteiger partial charge on any atom is -0.471 e. The molecule has 2 aromatic heterocycles. The summed E-state index contributed by atoms with van der Waals surface area (Å²) in [7, 11) is 12.1. The molecule has 5 rings (SSSR count). The fraction of sp³-hybridized carbons (Fsp3) is 0.333. The number of fused-ring (bicyclic) bond motifs is 1. The number of nitrogens with zero attached hydrogens (tertiary/aromatic N) is 5. The molecule has 1 N–H and O–H groups in total. The van der Waals surface area contributed by atoms with Crippen LogP contribution < -0.4 is 5.32 Å². The molecule has 1 aromatic carbocycles. The van der Waals surface area contributed by atoms with Crippen LogP contribution in [0.3, 0.4) is 0 Å². The van der Waals surface area contributed by atoms with E-state index < -0.39 is 11.4 Å². The van der Waals surface area contributed by atoms with E-state index in [4.69, 9.17) is 25.7 Å². The number of pyridine rings is 1. The highest BCUT2D eigenvalue weighted by Gasteiger charge is 2.39. The Bertz CT molecular complexity index is 1330. The highest BCUT2D eigenvalue weighted by molar-refractivity contribution is 6.41. The van der Waals surface area contributed by atoms with Gasteiger partial charge in [-0.05, 0) is 48.2 Å². The summed E-state index contributed by atoms with van der Waals surface area (Å²) in [5.74, 6) is 0.190. The van der Waals surface area contributed by atoms with Gasteiger partial charge in [0.2, 0.25) is 0 Å². The third-order valence-corrected chi connectivity index (χ3v) is 6.51. The Hall–Kier alpha value is -3.41. The number of carbonyl (C=O) groups excluding carboxylic acids is 1. The maximum absolute atomic E-state index is 12.1. The zero-order valence-corrected chi connectivity index (χ0v) is 19.1. The van der Waals surface area contributed by atoms with E-state index in [0.717, 1.165) is 48.4 Å². The molecule has 4 heterocycles. The first kappa shape index (κ1) is 22.4. The minimum atomic E-state index is -1.60. The molecule has 34 heavy (non-hydrogen) atoms. The van der Waals surface area contributed by atoms with Crippen molar-refractivity contribution >= 4 is 21.7 Å². The zero-order chi connectivity index (χ0) is 24.0. The molecular weight excluding hydrogens is 426 g/mol. The summed E-state index contributed by atoms with van der Waals surface area (Å²) in [6.07, 6.45) is 5.38. The molecule has 4 radical (unpaired) electrons. The second kappa shape index (κ2) is 8.42. The van der Waals surface area contributed by atoms with Crippen molar-refractivity contribution in [3.63, 3.8) is 0 Å². The van der Waals surface area contributed by atoms with Crippen molar-refractivity contribution < 1.29 is 9.53 Å². The molecular formula is C24H22B2N6O2. The number of rotatable bonds is 4. The fourth-order valence-electron chi connectivity index (χ4n) is 4.81. The molecule has 0 spiro atoms. The van der Waals surface area contributed by atoms with Crippen molar-refractivity contribution in [2.24, 2.45) is 0 Å².